The quantitative estimate of drug-likeness (QED) is 0.447. The normalized spacial score (nSPS) is 28.0. The highest BCUT2D eigenvalue weighted by Crippen LogP contribution is 2.40. The molecule has 0 spiro atoms. The van der Waals surface area contributed by atoms with E-state index in [9.17, 15) is 9.59 Å². The van der Waals surface area contributed by atoms with Crippen LogP contribution in [0.2, 0.25) is 0 Å². The van der Waals surface area contributed by atoms with Crippen LogP contribution in [-0.4, -0.2) is 48.7 Å². The highest BCUT2D eigenvalue weighted by molar-refractivity contribution is 5.82. The fourth-order valence-electron chi connectivity index (χ4n) is 4.99. The largest absolute Gasteiger partial charge is 0.464 e. The average Bonchev–Trinajstić information content (AvgIpc) is 3.23. The molecule has 4 atom stereocenters. The molecule has 0 radical (unpaired) electrons. The summed E-state index contributed by atoms with van der Waals surface area (Å²) < 4.78 is 10.7. The summed E-state index contributed by atoms with van der Waals surface area (Å²) in [5.41, 5.74) is 5.62. The molecule has 2 heterocycles. The van der Waals surface area contributed by atoms with Crippen molar-refractivity contribution >= 4 is 17.8 Å². The number of carbonyl (C=O) groups is 2. The van der Waals surface area contributed by atoms with Crippen molar-refractivity contribution in [3.05, 3.63) is 0 Å². The zero-order chi connectivity index (χ0) is 22.2. The Hall–Kier alpha value is -1.87. The third kappa shape index (κ3) is 6.80. The van der Waals surface area contributed by atoms with E-state index in [0.29, 0.717) is 30.3 Å². The number of hydrazine groups is 2. The summed E-state index contributed by atoms with van der Waals surface area (Å²) in [6.45, 7) is 7.28. The van der Waals surface area contributed by atoms with Crippen molar-refractivity contribution in [3.63, 3.8) is 0 Å². The van der Waals surface area contributed by atoms with E-state index in [4.69, 9.17) is 9.47 Å². The number of nitrogens with zero attached hydrogens (tertiary/aromatic N) is 2. The first-order valence-corrected chi connectivity index (χ1v) is 11.9. The minimum atomic E-state index is -0.315. The number of hydrogen-bond donors (Lipinski definition) is 3. The van der Waals surface area contributed by atoms with Crippen LogP contribution in [-0.2, 0) is 19.1 Å². The Balaban J connectivity index is 1.43. The van der Waals surface area contributed by atoms with Crippen molar-refractivity contribution in [2.24, 2.45) is 28.8 Å². The van der Waals surface area contributed by atoms with Crippen LogP contribution in [0.5, 0.6) is 0 Å². The number of amidine groups is 1. The van der Waals surface area contributed by atoms with Crippen LogP contribution in [0.1, 0.15) is 72.1 Å². The molecule has 0 amide bonds. The maximum atomic E-state index is 12.6. The number of ether oxygens (including phenoxy) is 2. The van der Waals surface area contributed by atoms with Gasteiger partial charge in [0, 0.05) is 13.3 Å². The number of fused-ring (bicyclic) bond motifs is 1. The van der Waals surface area contributed by atoms with Crippen molar-refractivity contribution < 1.29 is 19.1 Å². The van der Waals surface area contributed by atoms with Gasteiger partial charge >= 0.3 is 11.9 Å². The van der Waals surface area contributed by atoms with E-state index in [1.54, 1.807) is 5.01 Å². The molecule has 3 aliphatic rings. The molecule has 176 valence electrons. The lowest BCUT2D eigenvalue weighted by atomic mass is 9.69. The SMILES string of the molecule is CCC(CC)COC(=O)[C@@H]1C[C@H]2C[C@@H](CCC3=NNNN3COC(C)=O)CC[C@H]2CN1. The summed E-state index contributed by atoms with van der Waals surface area (Å²) in [5.74, 6) is 2.78. The van der Waals surface area contributed by atoms with Gasteiger partial charge in [-0.15, -0.1) is 10.6 Å². The molecule has 0 unspecified atom stereocenters. The zero-order valence-electron chi connectivity index (χ0n) is 19.2. The highest BCUT2D eigenvalue weighted by Gasteiger charge is 2.38. The molecule has 2 aliphatic heterocycles. The number of rotatable bonds is 10. The molecule has 2 fully saturated rings. The summed E-state index contributed by atoms with van der Waals surface area (Å²) in [6.07, 6.45) is 8.41. The molecule has 9 heteroatoms. The van der Waals surface area contributed by atoms with Gasteiger partial charge in [-0.05, 0) is 55.9 Å². The summed E-state index contributed by atoms with van der Waals surface area (Å²) in [4.78, 5) is 23.6. The van der Waals surface area contributed by atoms with Gasteiger partial charge < -0.3 is 14.8 Å². The lowest BCUT2D eigenvalue weighted by Gasteiger charge is -2.42. The first-order chi connectivity index (χ1) is 15.0. The Morgan fingerprint density at radius 2 is 1.97 bits per heavy atom. The van der Waals surface area contributed by atoms with Gasteiger partial charge in [0.1, 0.15) is 11.9 Å². The van der Waals surface area contributed by atoms with Crippen molar-refractivity contribution in [1.29, 1.82) is 0 Å². The molecule has 31 heavy (non-hydrogen) atoms. The van der Waals surface area contributed by atoms with Gasteiger partial charge in [-0.3, -0.25) is 9.59 Å². The molecule has 0 bridgehead atoms. The number of hydrogen-bond acceptors (Lipinski definition) is 9. The summed E-state index contributed by atoms with van der Waals surface area (Å²) in [5, 5.41) is 9.43. The van der Waals surface area contributed by atoms with Crippen LogP contribution in [0.25, 0.3) is 0 Å². The van der Waals surface area contributed by atoms with Crippen molar-refractivity contribution in [1.82, 2.24) is 21.4 Å². The van der Waals surface area contributed by atoms with E-state index in [0.717, 1.165) is 50.9 Å². The predicted molar refractivity (Wildman–Crippen MR) is 117 cm³/mol. The van der Waals surface area contributed by atoms with Crippen LogP contribution in [0.3, 0.4) is 0 Å². The van der Waals surface area contributed by atoms with Crippen LogP contribution in [0, 0.1) is 23.7 Å². The first kappa shape index (κ1) is 23.8. The minimum absolute atomic E-state index is 0.0777. The molecule has 0 aromatic rings. The summed E-state index contributed by atoms with van der Waals surface area (Å²) in [6, 6.07) is -0.166. The molecular formula is C22H39N5O4. The topological polar surface area (TPSA) is 104 Å². The second-order valence-corrected chi connectivity index (χ2v) is 9.19. The number of piperidine rings is 1. The zero-order valence-corrected chi connectivity index (χ0v) is 19.2. The van der Waals surface area contributed by atoms with Gasteiger partial charge in [-0.2, -0.15) is 0 Å². The molecular weight excluding hydrogens is 398 g/mol. The lowest BCUT2D eigenvalue weighted by molar-refractivity contribution is -0.149. The van der Waals surface area contributed by atoms with Gasteiger partial charge in [0.25, 0.3) is 0 Å². The Kier molecular flexibility index (Phi) is 8.95. The maximum absolute atomic E-state index is 12.6. The van der Waals surface area contributed by atoms with E-state index in [1.165, 1.54) is 19.8 Å². The second-order valence-electron chi connectivity index (χ2n) is 9.19. The maximum Gasteiger partial charge on any atom is 0.323 e. The molecule has 1 saturated heterocycles. The predicted octanol–water partition coefficient (Wildman–Crippen LogP) is 2.30. The summed E-state index contributed by atoms with van der Waals surface area (Å²) >= 11 is 0. The average molecular weight is 438 g/mol. The van der Waals surface area contributed by atoms with E-state index in [1.807, 2.05) is 0 Å². The Morgan fingerprint density at radius 3 is 2.71 bits per heavy atom. The summed E-state index contributed by atoms with van der Waals surface area (Å²) in [7, 11) is 0. The molecule has 0 aromatic heterocycles. The Bertz CT molecular complexity index is 639. The fraction of sp³-hybridized carbons (Fsp3) is 0.864. The minimum Gasteiger partial charge on any atom is -0.464 e. The van der Waals surface area contributed by atoms with Gasteiger partial charge in [0.05, 0.1) is 6.61 Å². The number of esters is 2. The number of nitrogens with one attached hydrogen (secondary N) is 3. The molecule has 1 saturated carbocycles. The van der Waals surface area contributed by atoms with Gasteiger partial charge in [0.2, 0.25) is 0 Å². The lowest BCUT2D eigenvalue weighted by Crippen LogP contribution is -2.50. The van der Waals surface area contributed by atoms with Gasteiger partial charge in [-0.25, -0.2) is 10.5 Å². The van der Waals surface area contributed by atoms with Crippen molar-refractivity contribution in [2.45, 2.75) is 78.2 Å². The van der Waals surface area contributed by atoms with E-state index >= 15 is 0 Å². The second kappa shape index (κ2) is 11.7. The van der Waals surface area contributed by atoms with Crippen LogP contribution in [0.4, 0.5) is 0 Å². The molecule has 3 rings (SSSR count). The van der Waals surface area contributed by atoms with E-state index < -0.39 is 0 Å². The van der Waals surface area contributed by atoms with E-state index in [2.05, 4.69) is 35.3 Å². The standard InChI is InChI=1S/C22H39N5O4/c1-4-16(5-2)13-30-22(29)20-11-19-10-17(6-8-18(19)12-23-20)7-9-21-24-25-26-27(21)14-31-15(3)28/h16-20,23,25-26H,4-14H2,1-3H3/t17-,18+,19-,20+/m1/s1. The third-order valence-corrected chi connectivity index (χ3v) is 7.17. The van der Waals surface area contributed by atoms with Crippen LogP contribution < -0.4 is 16.4 Å². The van der Waals surface area contributed by atoms with Crippen LogP contribution in [0.15, 0.2) is 5.10 Å². The number of carbonyl (C=O) groups excluding carboxylic acids is 2. The monoisotopic (exact) mass is 437 g/mol. The van der Waals surface area contributed by atoms with Gasteiger partial charge in [0.15, 0.2) is 6.73 Å². The number of hydrazone groups is 1. The molecule has 0 aromatic carbocycles. The fourth-order valence-corrected chi connectivity index (χ4v) is 4.99. The smallest absolute Gasteiger partial charge is 0.323 e. The van der Waals surface area contributed by atoms with Crippen LogP contribution >= 0.6 is 0 Å². The molecule has 9 nitrogen and oxygen atoms in total. The highest BCUT2D eigenvalue weighted by atomic mass is 16.5. The molecule has 3 N–H and O–H groups in total. The van der Waals surface area contributed by atoms with Crippen molar-refractivity contribution in [3.8, 4) is 0 Å². The first-order valence-electron chi connectivity index (χ1n) is 11.9. The van der Waals surface area contributed by atoms with Crippen molar-refractivity contribution in [2.75, 3.05) is 19.9 Å². The van der Waals surface area contributed by atoms with Gasteiger partial charge in [-0.1, -0.05) is 33.1 Å². The Labute approximate surface area is 185 Å². The van der Waals surface area contributed by atoms with E-state index in [-0.39, 0.29) is 24.7 Å². The Morgan fingerprint density at radius 1 is 1.16 bits per heavy atom. The molecule has 1 aliphatic carbocycles. The third-order valence-electron chi connectivity index (χ3n) is 7.17.